The maximum Gasteiger partial charge on any atom is 0.134 e. The van der Waals surface area contributed by atoms with Gasteiger partial charge in [0, 0.05) is 31.1 Å². The molecule has 3 rings (SSSR count). The van der Waals surface area contributed by atoms with Crippen molar-refractivity contribution in [3.63, 3.8) is 0 Å². The molecule has 0 unspecified atom stereocenters. The molecule has 0 spiro atoms. The first kappa shape index (κ1) is 11.9. The number of rotatable bonds is 2. The average molecular weight is 247 g/mol. The molecular weight excluding hydrogens is 226 g/mol. The van der Waals surface area contributed by atoms with Crippen LogP contribution in [0, 0.1) is 0 Å². The molecule has 1 fully saturated rings. The Labute approximate surface area is 108 Å². The second-order valence-corrected chi connectivity index (χ2v) is 5.30. The van der Waals surface area contributed by atoms with Gasteiger partial charge < -0.3 is 15.5 Å². The second-order valence-electron chi connectivity index (χ2n) is 5.30. The van der Waals surface area contributed by atoms with E-state index >= 15 is 0 Å². The van der Waals surface area contributed by atoms with Crippen LogP contribution in [-0.4, -0.2) is 47.6 Å². The quantitative estimate of drug-likeness (QED) is 0.803. The van der Waals surface area contributed by atoms with Crippen LogP contribution in [0.5, 0.6) is 0 Å². The van der Waals surface area contributed by atoms with Gasteiger partial charge in [0.15, 0.2) is 0 Å². The number of likely N-dealkylation sites (tertiary alicyclic amines) is 1. The third-order valence-corrected chi connectivity index (χ3v) is 3.93. The molecule has 0 bridgehead atoms. The van der Waals surface area contributed by atoms with E-state index in [4.69, 9.17) is 0 Å². The van der Waals surface area contributed by atoms with Crippen LogP contribution in [0.25, 0.3) is 0 Å². The van der Waals surface area contributed by atoms with Crippen molar-refractivity contribution in [3.8, 4) is 0 Å². The minimum Gasteiger partial charge on any atom is -0.367 e. The Morgan fingerprint density at radius 3 is 3.00 bits per heavy atom. The summed E-state index contributed by atoms with van der Waals surface area (Å²) in [6.45, 7) is 4.26. The van der Waals surface area contributed by atoms with E-state index in [1.54, 1.807) is 6.33 Å². The van der Waals surface area contributed by atoms with Crippen molar-refractivity contribution >= 4 is 5.82 Å². The molecule has 5 nitrogen and oxygen atoms in total. The molecule has 0 atom stereocenters. The summed E-state index contributed by atoms with van der Waals surface area (Å²) in [5.41, 5.74) is 2.47. The smallest absolute Gasteiger partial charge is 0.134 e. The normalized spacial score (nSPS) is 21.6. The van der Waals surface area contributed by atoms with Crippen molar-refractivity contribution in [3.05, 3.63) is 17.6 Å². The lowest BCUT2D eigenvalue weighted by molar-refractivity contribution is 0.263. The van der Waals surface area contributed by atoms with E-state index in [9.17, 15) is 0 Å². The molecule has 3 heterocycles. The molecule has 1 saturated heterocycles. The molecule has 0 saturated carbocycles. The van der Waals surface area contributed by atoms with Crippen molar-refractivity contribution in [1.82, 2.24) is 20.2 Å². The topological polar surface area (TPSA) is 53.1 Å². The van der Waals surface area contributed by atoms with Crippen molar-refractivity contribution in [1.29, 1.82) is 0 Å². The van der Waals surface area contributed by atoms with Crippen LogP contribution in [-0.2, 0) is 13.0 Å². The van der Waals surface area contributed by atoms with Crippen molar-refractivity contribution in [2.75, 3.05) is 32.0 Å². The van der Waals surface area contributed by atoms with Gasteiger partial charge in [-0.05, 0) is 33.0 Å². The summed E-state index contributed by atoms with van der Waals surface area (Å²) in [6, 6.07) is 0.558. The van der Waals surface area contributed by atoms with Gasteiger partial charge in [-0.1, -0.05) is 0 Å². The molecule has 1 aromatic heterocycles. The summed E-state index contributed by atoms with van der Waals surface area (Å²) in [5, 5.41) is 7.01. The number of anilines is 1. The molecule has 5 heteroatoms. The van der Waals surface area contributed by atoms with Crippen molar-refractivity contribution < 1.29 is 0 Å². The highest BCUT2D eigenvalue weighted by Crippen LogP contribution is 2.21. The van der Waals surface area contributed by atoms with Gasteiger partial charge in [0.2, 0.25) is 0 Å². The lowest BCUT2D eigenvalue weighted by atomic mass is 10.0. The van der Waals surface area contributed by atoms with Crippen LogP contribution in [0.4, 0.5) is 5.82 Å². The molecule has 98 valence electrons. The summed E-state index contributed by atoms with van der Waals surface area (Å²) in [4.78, 5) is 11.2. The maximum absolute atomic E-state index is 4.43. The first-order chi connectivity index (χ1) is 8.83. The van der Waals surface area contributed by atoms with E-state index in [-0.39, 0.29) is 0 Å². The van der Waals surface area contributed by atoms with Gasteiger partial charge >= 0.3 is 0 Å². The van der Waals surface area contributed by atoms with E-state index in [0.717, 1.165) is 25.3 Å². The zero-order valence-corrected chi connectivity index (χ0v) is 10.9. The van der Waals surface area contributed by atoms with Gasteiger partial charge in [-0.3, -0.25) is 0 Å². The van der Waals surface area contributed by atoms with E-state index in [1.807, 2.05) is 0 Å². The number of fused-ring (bicyclic) bond motifs is 1. The summed E-state index contributed by atoms with van der Waals surface area (Å²) < 4.78 is 0. The van der Waals surface area contributed by atoms with Gasteiger partial charge in [0.25, 0.3) is 0 Å². The highest BCUT2D eigenvalue weighted by molar-refractivity contribution is 5.47. The highest BCUT2D eigenvalue weighted by Gasteiger charge is 2.20. The summed E-state index contributed by atoms with van der Waals surface area (Å²) in [5.74, 6) is 1.04. The molecule has 2 aliphatic heterocycles. The van der Waals surface area contributed by atoms with E-state index in [1.165, 1.54) is 37.2 Å². The number of hydrogen-bond donors (Lipinski definition) is 2. The molecule has 1 aromatic rings. The van der Waals surface area contributed by atoms with Crippen LogP contribution < -0.4 is 10.6 Å². The van der Waals surface area contributed by atoms with Gasteiger partial charge in [-0.15, -0.1) is 0 Å². The molecule has 0 radical (unpaired) electrons. The third kappa shape index (κ3) is 2.47. The van der Waals surface area contributed by atoms with Crippen molar-refractivity contribution in [2.24, 2.45) is 0 Å². The third-order valence-electron chi connectivity index (χ3n) is 3.93. The Morgan fingerprint density at radius 1 is 1.33 bits per heavy atom. The minimum atomic E-state index is 0.558. The van der Waals surface area contributed by atoms with Crippen LogP contribution in [0.3, 0.4) is 0 Å². The van der Waals surface area contributed by atoms with E-state index in [0.29, 0.717) is 6.04 Å². The number of aromatic nitrogens is 2. The number of nitrogens with zero attached hydrogens (tertiary/aromatic N) is 3. The summed E-state index contributed by atoms with van der Waals surface area (Å²) in [6.07, 6.45) is 5.10. The minimum absolute atomic E-state index is 0.558. The van der Waals surface area contributed by atoms with Gasteiger partial charge in [0.05, 0.1) is 5.69 Å². The van der Waals surface area contributed by atoms with Crippen LogP contribution in [0.2, 0.25) is 0 Å². The van der Waals surface area contributed by atoms with E-state index in [2.05, 4.69) is 32.5 Å². The van der Waals surface area contributed by atoms with Gasteiger partial charge in [0.1, 0.15) is 12.1 Å². The van der Waals surface area contributed by atoms with Crippen LogP contribution >= 0.6 is 0 Å². The van der Waals surface area contributed by atoms with Crippen LogP contribution in [0.15, 0.2) is 6.33 Å². The zero-order valence-electron chi connectivity index (χ0n) is 10.9. The predicted molar refractivity (Wildman–Crippen MR) is 71.6 cm³/mol. The maximum atomic E-state index is 4.43. The fraction of sp³-hybridized carbons (Fsp3) is 0.692. The Balaban J connectivity index is 1.72. The fourth-order valence-electron chi connectivity index (χ4n) is 2.74. The lowest BCUT2D eigenvalue weighted by Crippen LogP contribution is -2.37. The number of hydrogen-bond acceptors (Lipinski definition) is 5. The predicted octanol–water partition coefficient (Wildman–Crippen LogP) is 0.628. The SMILES string of the molecule is CN1CCC(Nc2ncnc3c2CNCC3)CC1. The van der Waals surface area contributed by atoms with Gasteiger partial charge in [-0.2, -0.15) is 0 Å². The zero-order chi connectivity index (χ0) is 12.4. The summed E-state index contributed by atoms with van der Waals surface area (Å²) >= 11 is 0. The molecule has 0 aromatic carbocycles. The monoisotopic (exact) mass is 247 g/mol. The Kier molecular flexibility index (Phi) is 3.43. The molecule has 2 aliphatic rings. The highest BCUT2D eigenvalue weighted by atomic mass is 15.1. The molecule has 2 N–H and O–H groups in total. The second kappa shape index (κ2) is 5.20. The Bertz CT molecular complexity index is 412. The van der Waals surface area contributed by atoms with Gasteiger partial charge in [-0.25, -0.2) is 9.97 Å². The molecule has 0 aliphatic carbocycles. The first-order valence-electron chi connectivity index (χ1n) is 6.81. The van der Waals surface area contributed by atoms with Crippen molar-refractivity contribution in [2.45, 2.75) is 31.8 Å². The number of piperidine rings is 1. The largest absolute Gasteiger partial charge is 0.367 e. The Hall–Kier alpha value is -1.20. The number of nitrogens with one attached hydrogen (secondary N) is 2. The summed E-state index contributed by atoms with van der Waals surface area (Å²) in [7, 11) is 2.19. The molecule has 18 heavy (non-hydrogen) atoms. The first-order valence-corrected chi connectivity index (χ1v) is 6.81. The molecule has 0 amide bonds. The Morgan fingerprint density at radius 2 is 2.17 bits per heavy atom. The fourth-order valence-corrected chi connectivity index (χ4v) is 2.74. The molecular formula is C13H21N5. The van der Waals surface area contributed by atoms with Crippen LogP contribution in [0.1, 0.15) is 24.1 Å². The van der Waals surface area contributed by atoms with E-state index < -0.39 is 0 Å². The standard InChI is InChI=1S/C13H21N5/c1-18-6-3-10(4-7-18)17-13-11-8-14-5-2-12(11)15-9-16-13/h9-10,14H,2-8H2,1H3,(H,15,16,17). The lowest BCUT2D eigenvalue weighted by Gasteiger charge is -2.30. The average Bonchev–Trinajstić information content (AvgIpc) is 2.42.